The molecule has 0 aromatic rings. The van der Waals surface area contributed by atoms with Gasteiger partial charge >= 0.3 is 12.1 Å². The smallest absolute Gasteiger partial charge is 0.419 e. The fourth-order valence-corrected chi connectivity index (χ4v) is 1.33. The first kappa shape index (κ1) is 12.2. The molecule has 0 amide bonds. The lowest BCUT2D eigenvalue weighted by Crippen LogP contribution is -2.21. The summed E-state index contributed by atoms with van der Waals surface area (Å²) in [5.74, 6) is -1.44. The molecule has 0 bridgehead atoms. The van der Waals surface area contributed by atoms with Crippen LogP contribution in [0.25, 0.3) is 0 Å². The summed E-state index contributed by atoms with van der Waals surface area (Å²) in [4.78, 5) is 19.7. The van der Waals surface area contributed by atoms with Crippen molar-refractivity contribution in [3.8, 4) is 0 Å². The number of hydrogen-bond acceptors (Lipinski definition) is 3. The first-order chi connectivity index (χ1) is 7.23. The number of allylic oxidation sites excluding steroid dienone is 2. The van der Waals surface area contributed by atoms with Crippen LogP contribution < -0.4 is 0 Å². The van der Waals surface area contributed by atoms with Crippen LogP contribution in [0.2, 0.25) is 0 Å². The monoisotopic (exact) mass is 237 g/mol. The van der Waals surface area contributed by atoms with Gasteiger partial charge in [-0.05, 0) is 12.8 Å². The van der Waals surface area contributed by atoms with Gasteiger partial charge in [0.2, 0.25) is 0 Å². The summed E-state index contributed by atoms with van der Waals surface area (Å²) in [6.45, 7) is 0. The van der Waals surface area contributed by atoms with Crippen molar-refractivity contribution in [1.29, 1.82) is 0 Å². The molecule has 1 N–H and O–H groups in total. The number of nitro groups is 1. The van der Waals surface area contributed by atoms with E-state index in [1.54, 1.807) is 0 Å². The van der Waals surface area contributed by atoms with E-state index in [4.69, 9.17) is 5.11 Å². The first-order valence-electron chi connectivity index (χ1n) is 4.12. The van der Waals surface area contributed by atoms with Crippen LogP contribution >= 0.6 is 0 Å². The molecule has 0 saturated heterocycles. The standard InChI is InChI=1S/C8H6F3NO4/c9-8(10,11)5-2-1-4(7(13)14)3-6(5)12(15)16/h3H,1-2H2,(H,13,14). The van der Waals surface area contributed by atoms with Gasteiger partial charge in [0, 0.05) is 11.6 Å². The van der Waals surface area contributed by atoms with Gasteiger partial charge < -0.3 is 5.11 Å². The van der Waals surface area contributed by atoms with Gasteiger partial charge in [0.05, 0.1) is 4.92 Å². The van der Waals surface area contributed by atoms with Gasteiger partial charge in [0.1, 0.15) is 5.57 Å². The van der Waals surface area contributed by atoms with Crippen LogP contribution in [0, 0.1) is 10.1 Å². The maximum absolute atomic E-state index is 12.3. The minimum absolute atomic E-state index is 0.360. The van der Waals surface area contributed by atoms with Crippen LogP contribution in [0.3, 0.4) is 0 Å². The number of hydrogen-bond donors (Lipinski definition) is 1. The number of rotatable bonds is 2. The minimum Gasteiger partial charge on any atom is -0.478 e. The Morgan fingerprint density at radius 2 is 2.00 bits per heavy atom. The number of nitrogens with zero attached hydrogens (tertiary/aromatic N) is 1. The van der Waals surface area contributed by atoms with Gasteiger partial charge in [-0.25, -0.2) is 4.79 Å². The lowest BCUT2D eigenvalue weighted by atomic mass is 9.96. The zero-order valence-electron chi connectivity index (χ0n) is 7.74. The Morgan fingerprint density at radius 3 is 2.38 bits per heavy atom. The zero-order valence-corrected chi connectivity index (χ0v) is 7.74. The third-order valence-electron chi connectivity index (χ3n) is 2.08. The molecule has 8 heteroatoms. The largest absolute Gasteiger partial charge is 0.478 e. The first-order valence-corrected chi connectivity index (χ1v) is 4.12. The van der Waals surface area contributed by atoms with Gasteiger partial charge in [0.15, 0.2) is 0 Å². The Hall–Kier alpha value is -1.86. The lowest BCUT2D eigenvalue weighted by Gasteiger charge is -2.15. The lowest BCUT2D eigenvalue weighted by molar-refractivity contribution is -0.422. The second-order valence-electron chi connectivity index (χ2n) is 3.09. The van der Waals surface area contributed by atoms with E-state index in [0.717, 1.165) is 0 Å². The highest BCUT2D eigenvalue weighted by Crippen LogP contribution is 2.36. The summed E-state index contributed by atoms with van der Waals surface area (Å²) >= 11 is 0. The SMILES string of the molecule is O=C(O)C1=CC([N+](=O)[O-])=C(C(F)(F)F)CC1. The Morgan fingerprint density at radius 1 is 1.44 bits per heavy atom. The molecule has 0 radical (unpaired) electrons. The summed E-state index contributed by atoms with van der Waals surface area (Å²) in [7, 11) is 0. The van der Waals surface area contributed by atoms with Crippen LogP contribution in [-0.2, 0) is 4.79 Å². The van der Waals surface area contributed by atoms with E-state index in [9.17, 15) is 28.1 Å². The molecule has 0 aliphatic heterocycles. The van der Waals surface area contributed by atoms with Gasteiger partial charge in [-0.2, -0.15) is 13.2 Å². The molecule has 0 aromatic carbocycles. The number of aliphatic carboxylic acids is 1. The molecule has 0 fully saturated rings. The average molecular weight is 237 g/mol. The summed E-state index contributed by atoms with van der Waals surface area (Å²) in [5.41, 5.74) is -2.86. The zero-order chi connectivity index (χ0) is 12.5. The number of alkyl halides is 3. The molecule has 1 rings (SSSR count). The van der Waals surface area contributed by atoms with Crippen molar-refractivity contribution in [2.24, 2.45) is 0 Å². The van der Waals surface area contributed by atoms with Crippen molar-refractivity contribution in [2.75, 3.05) is 0 Å². The van der Waals surface area contributed by atoms with Crippen molar-refractivity contribution >= 4 is 5.97 Å². The molecule has 88 valence electrons. The van der Waals surface area contributed by atoms with Gasteiger partial charge in [-0.3, -0.25) is 10.1 Å². The molecule has 0 saturated carbocycles. The predicted octanol–water partition coefficient (Wildman–Crippen LogP) is 1.88. The Labute approximate surface area is 87.0 Å². The van der Waals surface area contributed by atoms with E-state index in [1.807, 2.05) is 0 Å². The molecule has 1 aliphatic rings. The highest BCUT2D eigenvalue weighted by molar-refractivity contribution is 5.87. The normalized spacial score (nSPS) is 17.1. The summed E-state index contributed by atoms with van der Waals surface area (Å²) in [5, 5.41) is 18.9. The fourth-order valence-electron chi connectivity index (χ4n) is 1.33. The Kier molecular flexibility index (Phi) is 3.02. The molecule has 0 spiro atoms. The van der Waals surface area contributed by atoms with E-state index in [1.165, 1.54) is 0 Å². The van der Waals surface area contributed by atoms with Crippen molar-refractivity contribution in [1.82, 2.24) is 0 Å². The van der Waals surface area contributed by atoms with Crippen LogP contribution in [0.1, 0.15) is 12.8 Å². The van der Waals surface area contributed by atoms with E-state index >= 15 is 0 Å². The molecule has 16 heavy (non-hydrogen) atoms. The van der Waals surface area contributed by atoms with Gasteiger partial charge in [-0.1, -0.05) is 0 Å². The molecule has 0 atom stereocenters. The third kappa shape index (κ3) is 2.38. The second kappa shape index (κ2) is 3.95. The highest BCUT2D eigenvalue weighted by atomic mass is 19.4. The molecular weight excluding hydrogens is 231 g/mol. The Balaban J connectivity index is 3.27. The fraction of sp³-hybridized carbons (Fsp3) is 0.375. The number of carbonyl (C=O) groups is 1. The molecular formula is C8H6F3NO4. The molecule has 0 heterocycles. The summed E-state index contributed by atoms with van der Waals surface area (Å²) in [6.07, 6.45) is -5.38. The van der Waals surface area contributed by atoms with Crippen LogP contribution in [-0.4, -0.2) is 22.2 Å². The van der Waals surface area contributed by atoms with E-state index in [0.29, 0.717) is 6.08 Å². The molecule has 0 unspecified atom stereocenters. The highest BCUT2D eigenvalue weighted by Gasteiger charge is 2.42. The van der Waals surface area contributed by atoms with Crippen LogP contribution in [0.5, 0.6) is 0 Å². The van der Waals surface area contributed by atoms with Crippen molar-refractivity contribution in [3.63, 3.8) is 0 Å². The average Bonchev–Trinajstić information content (AvgIpc) is 2.15. The second-order valence-corrected chi connectivity index (χ2v) is 3.09. The summed E-state index contributed by atoms with van der Waals surface area (Å²) in [6, 6.07) is 0. The third-order valence-corrected chi connectivity index (χ3v) is 2.08. The quantitative estimate of drug-likeness (QED) is 0.587. The van der Waals surface area contributed by atoms with E-state index in [2.05, 4.69) is 0 Å². The predicted molar refractivity (Wildman–Crippen MR) is 45.0 cm³/mol. The summed E-state index contributed by atoms with van der Waals surface area (Å²) < 4.78 is 37.0. The van der Waals surface area contributed by atoms with Crippen molar-refractivity contribution < 1.29 is 28.0 Å². The maximum Gasteiger partial charge on any atom is 0.419 e. The van der Waals surface area contributed by atoms with Gasteiger partial charge in [0.25, 0.3) is 5.70 Å². The van der Waals surface area contributed by atoms with E-state index < -0.39 is 34.8 Å². The molecule has 1 aliphatic carbocycles. The number of carboxylic acids is 1. The maximum atomic E-state index is 12.3. The molecule has 5 nitrogen and oxygen atoms in total. The van der Waals surface area contributed by atoms with Gasteiger partial charge in [-0.15, -0.1) is 0 Å². The van der Waals surface area contributed by atoms with Crippen molar-refractivity contribution in [3.05, 3.63) is 33.0 Å². The number of carboxylic acid groups (broad SMARTS) is 1. The Bertz CT molecular complexity index is 408. The van der Waals surface area contributed by atoms with Crippen LogP contribution in [0.15, 0.2) is 22.9 Å². The minimum atomic E-state index is -4.80. The van der Waals surface area contributed by atoms with E-state index in [-0.39, 0.29) is 12.0 Å². The molecule has 0 aromatic heterocycles. The number of halogens is 3. The van der Waals surface area contributed by atoms with Crippen molar-refractivity contribution in [2.45, 2.75) is 19.0 Å². The topological polar surface area (TPSA) is 80.4 Å². The van der Waals surface area contributed by atoms with Crippen LogP contribution in [0.4, 0.5) is 13.2 Å².